The van der Waals surface area contributed by atoms with Crippen molar-refractivity contribution in [3.8, 4) is 0 Å². The number of ether oxygens (including phenoxy) is 1. The highest BCUT2D eigenvalue weighted by molar-refractivity contribution is 7.18. The van der Waals surface area contributed by atoms with Crippen molar-refractivity contribution in [2.75, 3.05) is 18.5 Å². The third-order valence-electron chi connectivity index (χ3n) is 4.01. The van der Waals surface area contributed by atoms with Crippen molar-refractivity contribution in [1.82, 2.24) is 4.90 Å². The van der Waals surface area contributed by atoms with Gasteiger partial charge in [-0.15, -0.1) is 22.7 Å². The molecule has 2 aromatic heterocycles. The number of hydrogen-bond acceptors (Lipinski definition) is 6. The van der Waals surface area contributed by atoms with Gasteiger partial charge in [0, 0.05) is 18.3 Å². The number of fused-ring (bicyclic) bond motifs is 1. The van der Waals surface area contributed by atoms with Gasteiger partial charge in [0.05, 0.1) is 27.9 Å². The summed E-state index contributed by atoms with van der Waals surface area (Å²) in [4.78, 5) is 39.7. The van der Waals surface area contributed by atoms with Crippen molar-refractivity contribution >= 4 is 57.1 Å². The van der Waals surface area contributed by atoms with Crippen LogP contribution < -0.4 is 5.32 Å². The van der Waals surface area contributed by atoms with Gasteiger partial charge in [-0.1, -0.05) is 11.6 Å². The molecule has 6 nitrogen and oxygen atoms in total. The molecule has 9 heteroatoms. The van der Waals surface area contributed by atoms with Crippen molar-refractivity contribution in [3.63, 3.8) is 0 Å². The summed E-state index contributed by atoms with van der Waals surface area (Å²) in [6.07, 6.45) is 0.556. The predicted molar refractivity (Wildman–Crippen MR) is 102 cm³/mol. The van der Waals surface area contributed by atoms with Crippen molar-refractivity contribution in [2.45, 2.75) is 26.8 Å². The van der Waals surface area contributed by atoms with E-state index in [4.69, 9.17) is 16.3 Å². The lowest BCUT2D eigenvalue weighted by molar-refractivity contribution is -0.129. The molecule has 0 saturated carbocycles. The Morgan fingerprint density at radius 1 is 1.31 bits per heavy atom. The molecule has 0 aliphatic carbocycles. The predicted octanol–water partition coefficient (Wildman–Crippen LogP) is 3.80. The summed E-state index contributed by atoms with van der Waals surface area (Å²) in [5.74, 6) is -0.796. The number of rotatable bonds is 4. The van der Waals surface area contributed by atoms with Gasteiger partial charge in [-0.25, -0.2) is 4.79 Å². The van der Waals surface area contributed by atoms with Crippen LogP contribution in [0.5, 0.6) is 0 Å². The van der Waals surface area contributed by atoms with E-state index in [1.54, 1.807) is 24.0 Å². The van der Waals surface area contributed by atoms with E-state index in [0.29, 0.717) is 39.3 Å². The molecule has 0 atom stereocenters. The molecule has 0 saturated heterocycles. The van der Waals surface area contributed by atoms with Crippen LogP contribution in [-0.2, 0) is 22.5 Å². The lowest BCUT2D eigenvalue weighted by atomic mass is 10.0. The van der Waals surface area contributed by atoms with Crippen LogP contribution in [0.25, 0.3) is 0 Å². The number of carbonyl (C=O) groups is 3. The summed E-state index contributed by atoms with van der Waals surface area (Å²) in [6.45, 7) is 4.48. The number of anilines is 1. The maximum atomic E-state index is 12.5. The Kier molecular flexibility index (Phi) is 5.64. The summed E-state index contributed by atoms with van der Waals surface area (Å²) in [5.41, 5.74) is 1.25. The summed E-state index contributed by atoms with van der Waals surface area (Å²) in [6, 6.07) is 3.29. The largest absolute Gasteiger partial charge is 0.462 e. The number of nitrogens with zero attached hydrogens (tertiary/aromatic N) is 1. The molecular formula is C17H17ClN2O4S2. The second-order valence-electron chi connectivity index (χ2n) is 5.68. The second kappa shape index (κ2) is 7.77. The lowest BCUT2D eigenvalue weighted by Gasteiger charge is -2.25. The fourth-order valence-electron chi connectivity index (χ4n) is 2.78. The van der Waals surface area contributed by atoms with Gasteiger partial charge in [0.2, 0.25) is 5.91 Å². The van der Waals surface area contributed by atoms with E-state index in [-0.39, 0.29) is 18.4 Å². The second-order valence-corrected chi connectivity index (χ2v) is 8.50. The van der Waals surface area contributed by atoms with Crippen molar-refractivity contribution in [1.29, 1.82) is 0 Å². The van der Waals surface area contributed by atoms with Gasteiger partial charge in [-0.05, 0) is 31.0 Å². The first-order valence-electron chi connectivity index (χ1n) is 8.04. The van der Waals surface area contributed by atoms with Crippen LogP contribution in [0.1, 0.15) is 44.3 Å². The Labute approximate surface area is 163 Å². The molecule has 0 fully saturated rings. The van der Waals surface area contributed by atoms with Crippen LogP contribution in [0.3, 0.4) is 0 Å². The van der Waals surface area contributed by atoms with Crippen molar-refractivity contribution < 1.29 is 19.1 Å². The molecule has 3 heterocycles. The molecule has 26 heavy (non-hydrogen) atoms. The van der Waals surface area contributed by atoms with Gasteiger partial charge in [0.25, 0.3) is 5.91 Å². The molecule has 138 valence electrons. The van der Waals surface area contributed by atoms with E-state index in [1.807, 2.05) is 0 Å². The summed E-state index contributed by atoms with van der Waals surface area (Å²) in [7, 11) is 0. The zero-order chi connectivity index (χ0) is 18.8. The number of carbonyl (C=O) groups excluding carboxylic acids is 3. The highest BCUT2D eigenvalue weighted by Crippen LogP contribution is 2.38. The minimum Gasteiger partial charge on any atom is -0.462 e. The van der Waals surface area contributed by atoms with Crippen LogP contribution in [0.4, 0.5) is 5.00 Å². The normalized spacial score (nSPS) is 13.3. The molecule has 1 aliphatic rings. The molecule has 0 unspecified atom stereocenters. The SMILES string of the molecule is CCOC(=O)c1c(NC(=O)c2ccc(Cl)s2)sc2c1CCN(C(C)=O)C2. The third kappa shape index (κ3) is 3.77. The first-order valence-corrected chi connectivity index (χ1v) is 10.1. The molecule has 2 amide bonds. The number of nitrogens with one attached hydrogen (secondary N) is 1. The third-order valence-corrected chi connectivity index (χ3v) is 6.37. The molecule has 1 N–H and O–H groups in total. The molecule has 0 bridgehead atoms. The Morgan fingerprint density at radius 2 is 2.08 bits per heavy atom. The maximum Gasteiger partial charge on any atom is 0.341 e. The van der Waals surface area contributed by atoms with E-state index in [9.17, 15) is 14.4 Å². The quantitative estimate of drug-likeness (QED) is 0.775. The monoisotopic (exact) mass is 412 g/mol. The van der Waals surface area contributed by atoms with Crippen molar-refractivity contribution in [2.24, 2.45) is 0 Å². The number of thiophene rings is 2. The molecule has 0 radical (unpaired) electrons. The highest BCUT2D eigenvalue weighted by Gasteiger charge is 2.30. The minimum atomic E-state index is -0.458. The first kappa shape index (κ1) is 18.9. The summed E-state index contributed by atoms with van der Waals surface area (Å²) < 4.78 is 5.69. The van der Waals surface area contributed by atoms with Gasteiger partial charge >= 0.3 is 5.97 Å². The van der Waals surface area contributed by atoms with E-state index in [1.165, 1.54) is 29.6 Å². The number of halogens is 1. The zero-order valence-electron chi connectivity index (χ0n) is 14.3. The topological polar surface area (TPSA) is 75.7 Å². The summed E-state index contributed by atoms with van der Waals surface area (Å²) in [5, 5.41) is 3.26. The zero-order valence-corrected chi connectivity index (χ0v) is 16.6. The van der Waals surface area contributed by atoms with Crippen LogP contribution in [0.2, 0.25) is 4.34 Å². The average molecular weight is 413 g/mol. The average Bonchev–Trinajstić information content (AvgIpc) is 3.17. The Hall–Kier alpha value is -1.90. The van der Waals surface area contributed by atoms with Gasteiger partial charge in [-0.3, -0.25) is 9.59 Å². The van der Waals surface area contributed by atoms with E-state index < -0.39 is 5.97 Å². The van der Waals surface area contributed by atoms with Crippen LogP contribution in [-0.4, -0.2) is 35.8 Å². The summed E-state index contributed by atoms with van der Waals surface area (Å²) >= 11 is 8.37. The van der Waals surface area contributed by atoms with Crippen LogP contribution in [0, 0.1) is 0 Å². The van der Waals surface area contributed by atoms with Gasteiger partial charge < -0.3 is 15.0 Å². The Balaban J connectivity index is 1.94. The van der Waals surface area contributed by atoms with Crippen molar-refractivity contribution in [3.05, 3.63) is 37.4 Å². The smallest absolute Gasteiger partial charge is 0.341 e. The first-order chi connectivity index (χ1) is 12.4. The Morgan fingerprint density at radius 3 is 2.69 bits per heavy atom. The minimum absolute atomic E-state index is 0.0134. The molecule has 2 aromatic rings. The number of esters is 1. The van der Waals surface area contributed by atoms with Gasteiger partial charge in [0.15, 0.2) is 0 Å². The van der Waals surface area contributed by atoms with Crippen LogP contribution in [0.15, 0.2) is 12.1 Å². The van der Waals surface area contributed by atoms with Gasteiger partial charge in [0.1, 0.15) is 5.00 Å². The highest BCUT2D eigenvalue weighted by atomic mass is 35.5. The van der Waals surface area contributed by atoms with Gasteiger partial charge in [-0.2, -0.15) is 0 Å². The molecule has 1 aliphatic heterocycles. The van der Waals surface area contributed by atoms with E-state index in [0.717, 1.165) is 10.4 Å². The maximum absolute atomic E-state index is 12.5. The van der Waals surface area contributed by atoms with E-state index in [2.05, 4.69) is 5.32 Å². The standard InChI is InChI=1S/C17H17ClN2O4S2/c1-3-24-17(23)14-10-6-7-20(9(2)21)8-12(10)26-16(14)19-15(22)11-4-5-13(18)25-11/h4-5H,3,6-8H2,1-2H3,(H,19,22). The molecule has 0 spiro atoms. The fraction of sp³-hybridized carbons (Fsp3) is 0.353. The number of hydrogen-bond donors (Lipinski definition) is 1. The fourth-order valence-corrected chi connectivity index (χ4v) is 4.97. The number of amides is 2. The van der Waals surface area contributed by atoms with E-state index >= 15 is 0 Å². The molecule has 3 rings (SSSR count). The molecular weight excluding hydrogens is 396 g/mol. The lowest BCUT2D eigenvalue weighted by Crippen LogP contribution is -2.34. The Bertz CT molecular complexity index is 874. The molecule has 0 aromatic carbocycles. The van der Waals surface area contributed by atoms with Crippen LogP contribution >= 0.6 is 34.3 Å².